The summed E-state index contributed by atoms with van der Waals surface area (Å²) in [4.78, 5) is 7.52. The third-order valence-corrected chi connectivity index (χ3v) is 4.47. The van der Waals surface area contributed by atoms with Crippen molar-refractivity contribution in [2.75, 3.05) is 0 Å². The number of aromatic nitrogens is 2. The van der Waals surface area contributed by atoms with Crippen LogP contribution in [0.1, 0.15) is 11.1 Å². The van der Waals surface area contributed by atoms with E-state index in [0.29, 0.717) is 21.6 Å². The molecule has 11 heteroatoms. The van der Waals surface area contributed by atoms with E-state index in [2.05, 4.69) is 9.97 Å². The van der Waals surface area contributed by atoms with Crippen LogP contribution in [0.5, 0.6) is 0 Å². The predicted octanol–water partition coefficient (Wildman–Crippen LogP) is 7.40. The van der Waals surface area contributed by atoms with Crippen LogP contribution in [0.3, 0.4) is 0 Å². The first kappa shape index (κ1) is 24.1. The highest BCUT2D eigenvalue weighted by Crippen LogP contribution is 2.39. The van der Waals surface area contributed by atoms with E-state index in [1.807, 2.05) is 0 Å². The molecule has 1 unspecified atom stereocenters. The highest BCUT2D eigenvalue weighted by Gasteiger charge is 2.23. The third-order valence-electron chi connectivity index (χ3n) is 2.13. The quantitative estimate of drug-likeness (QED) is 0.234. The molecular formula is C12H9Cl8N2P. The Morgan fingerprint density at radius 3 is 1.70 bits per heavy atom. The van der Waals surface area contributed by atoms with Gasteiger partial charge in [0.1, 0.15) is 10.3 Å². The minimum absolute atomic E-state index is 0. The number of halogens is 8. The Balaban J connectivity index is 0.000000409. The lowest BCUT2D eigenvalue weighted by atomic mass is 10.3. The number of alkyl halides is 4. The van der Waals surface area contributed by atoms with E-state index in [9.17, 15) is 0 Å². The Hall–Kier alpha value is 1.05. The van der Waals surface area contributed by atoms with Crippen LogP contribution in [0.4, 0.5) is 0 Å². The van der Waals surface area contributed by atoms with Gasteiger partial charge in [-0.25, -0.2) is 9.97 Å². The van der Waals surface area contributed by atoms with Gasteiger partial charge in [0, 0.05) is 23.8 Å². The van der Waals surface area contributed by atoms with E-state index in [1.54, 1.807) is 12.3 Å². The zero-order valence-electron chi connectivity index (χ0n) is 11.1. The van der Waals surface area contributed by atoms with Gasteiger partial charge in [-0.1, -0.05) is 81.2 Å². The maximum Gasteiger partial charge on any atom is 0.217 e. The molecule has 0 radical (unpaired) electrons. The van der Waals surface area contributed by atoms with Crippen molar-refractivity contribution in [2.45, 2.75) is 9.67 Å². The van der Waals surface area contributed by atoms with Crippen molar-refractivity contribution in [1.29, 1.82) is 0 Å². The number of rotatable bonds is 1. The summed E-state index contributed by atoms with van der Waals surface area (Å²) in [5.41, 5.74) is 1.26. The van der Waals surface area contributed by atoms with E-state index < -0.39 is 3.79 Å². The Morgan fingerprint density at radius 2 is 1.30 bits per heavy atom. The van der Waals surface area contributed by atoms with Crippen LogP contribution < -0.4 is 0 Å². The molecule has 0 aromatic carbocycles. The van der Waals surface area contributed by atoms with Crippen LogP contribution in [0.15, 0.2) is 24.5 Å². The second-order valence-electron chi connectivity index (χ2n) is 3.74. The molecule has 23 heavy (non-hydrogen) atoms. The van der Waals surface area contributed by atoms with Crippen LogP contribution in [0.25, 0.3) is 0 Å². The van der Waals surface area contributed by atoms with Gasteiger partial charge in [0.05, 0.1) is 10.0 Å². The summed E-state index contributed by atoms with van der Waals surface area (Å²) in [7, 11) is 0. The van der Waals surface area contributed by atoms with Crippen LogP contribution in [-0.2, 0) is 9.67 Å². The SMILES string of the molecule is ClCc1cnc(Cl)c(Cl)c1.Clc1cc(C(Cl)(Cl)Cl)cnc1Cl.P. The summed E-state index contributed by atoms with van der Waals surface area (Å²) in [6, 6.07) is 3.16. The average Bonchev–Trinajstić information content (AvgIpc) is 2.44. The summed E-state index contributed by atoms with van der Waals surface area (Å²) in [5.74, 6) is 0.407. The van der Waals surface area contributed by atoms with Crippen molar-refractivity contribution in [3.63, 3.8) is 0 Å². The second-order valence-corrected chi connectivity index (χ2v) is 7.82. The first-order valence-corrected chi connectivity index (χ1v) is 8.57. The normalized spacial score (nSPS) is 10.4. The number of pyridine rings is 2. The molecule has 0 fully saturated rings. The molecule has 0 bridgehead atoms. The van der Waals surface area contributed by atoms with E-state index in [0.717, 1.165) is 5.56 Å². The van der Waals surface area contributed by atoms with Crippen LogP contribution >= 0.6 is 103 Å². The summed E-state index contributed by atoms with van der Waals surface area (Å²) in [6.45, 7) is 0. The predicted molar refractivity (Wildman–Crippen MR) is 108 cm³/mol. The first-order chi connectivity index (χ1) is 10.1. The molecule has 2 aromatic heterocycles. The van der Waals surface area contributed by atoms with Crippen molar-refractivity contribution in [1.82, 2.24) is 9.97 Å². The second kappa shape index (κ2) is 10.9. The molecule has 0 amide bonds. The maximum absolute atomic E-state index is 5.65. The molecule has 2 rings (SSSR count). The van der Waals surface area contributed by atoms with E-state index in [-0.39, 0.29) is 20.1 Å². The summed E-state index contributed by atoms with van der Waals surface area (Å²) in [5, 5.41) is 1.21. The molecule has 0 spiro atoms. The van der Waals surface area contributed by atoms with Gasteiger partial charge in [0.2, 0.25) is 3.79 Å². The molecule has 0 saturated carbocycles. The van der Waals surface area contributed by atoms with E-state index >= 15 is 0 Å². The lowest BCUT2D eigenvalue weighted by Gasteiger charge is -2.10. The molecule has 2 nitrogen and oxygen atoms in total. The molecule has 2 heterocycles. The fourth-order valence-corrected chi connectivity index (χ4v) is 2.13. The minimum atomic E-state index is -1.51. The molecule has 2 aromatic rings. The molecule has 0 N–H and O–H groups in total. The smallest absolute Gasteiger partial charge is 0.217 e. The average molecular weight is 496 g/mol. The molecular weight excluding hydrogens is 487 g/mol. The molecule has 128 valence electrons. The Morgan fingerprint density at radius 1 is 0.826 bits per heavy atom. The van der Waals surface area contributed by atoms with Gasteiger partial charge in [-0.3, -0.25) is 0 Å². The monoisotopic (exact) mass is 492 g/mol. The van der Waals surface area contributed by atoms with Crippen LogP contribution in [0, 0.1) is 0 Å². The molecule has 0 saturated heterocycles. The summed E-state index contributed by atoms with van der Waals surface area (Å²) >= 11 is 44.6. The number of hydrogen-bond acceptors (Lipinski definition) is 2. The van der Waals surface area contributed by atoms with Gasteiger partial charge in [-0.05, 0) is 17.7 Å². The zero-order valence-corrected chi connectivity index (χ0v) is 18.6. The zero-order chi connectivity index (χ0) is 16.9. The highest BCUT2D eigenvalue weighted by atomic mass is 35.6. The fraction of sp³-hybridized carbons (Fsp3) is 0.167. The van der Waals surface area contributed by atoms with Crippen molar-refractivity contribution < 1.29 is 0 Å². The first-order valence-electron chi connectivity index (χ1n) is 5.39. The minimum Gasteiger partial charge on any atom is -0.243 e. The number of hydrogen-bond donors (Lipinski definition) is 0. The highest BCUT2D eigenvalue weighted by molar-refractivity contribution is 6.92. The molecule has 0 aliphatic rings. The Labute approximate surface area is 177 Å². The van der Waals surface area contributed by atoms with E-state index in [1.165, 1.54) is 12.3 Å². The summed E-state index contributed by atoms with van der Waals surface area (Å²) < 4.78 is -1.51. The Kier molecular flexibility index (Phi) is 11.4. The van der Waals surface area contributed by atoms with Gasteiger partial charge in [0.25, 0.3) is 0 Å². The lowest BCUT2D eigenvalue weighted by Crippen LogP contribution is -2.00. The van der Waals surface area contributed by atoms with Crippen molar-refractivity contribution >= 4 is 103 Å². The van der Waals surface area contributed by atoms with Crippen LogP contribution in [-0.4, -0.2) is 9.97 Å². The lowest BCUT2D eigenvalue weighted by molar-refractivity contribution is 1.17. The molecule has 0 aliphatic carbocycles. The van der Waals surface area contributed by atoms with Gasteiger partial charge < -0.3 is 0 Å². The standard InChI is InChI=1S/C6H2Cl5N.C6H4Cl3N.H3P/c7-4-1-3(6(9,10)11)2-12-5(4)8;7-2-4-1-5(8)6(9)10-3-4;/h1-2H;1,3H,2H2;1H3. The topological polar surface area (TPSA) is 25.8 Å². The van der Waals surface area contributed by atoms with Gasteiger partial charge >= 0.3 is 0 Å². The van der Waals surface area contributed by atoms with Crippen molar-refractivity contribution in [3.8, 4) is 0 Å². The van der Waals surface area contributed by atoms with Gasteiger partial charge in [0.15, 0.2) is 0 Å². The fourth-order valence-electron chi connectivity index (χ4n) is 1.11. The van der Waals surface area contributed by atoms with Crippen molar-refractivity contribution in [3.05, 3.63) is 56.0 Å². The van der Waals surface area contributed by atoms with E-state index in [4.69, 9.17) is 92.8 Å². The molecule has 0 aliphatic heterocycles. The summed E-state index contributed by atoms with van der Waals surface area (Å²) in [6.07, 6.45) is 2.96. The van der Waals surface area contributed by atoms with Gasteiger partial charge in [-0.15, -0.1) is 11.6 Å². The number of nitrogens with zero attached hydrogens (tertiary/aromatic N) is 2. The van der Waals surface area contributed by atoms with Crippen LogP contribution in [0.2, 0.25) is 20.4 Å². The Bertz CT molecular complexity index is 647. The third kappa shape index (κ3) is 8.31. The van der Waals surface area contributed by atoms with Crippen molar-refractivity contribution in [2.24, 2.45) is 0 Å². The maximum atomic E-state index is 5.65. The van der Waals surface area contributed by atoms with Gasteiger partial charge in [-0.2, -0.15) is 9.90 Å². The molecule has 1 atom stereocenters. The largest absolute Gasteiger partial charge is 0.243 e.